The van der Waals surface area contributed by atoms with Crippen molar-refractivity contribution in [3.63, 3.8) is 0 Å². The number of hydrogen-bond donors (Lipinski definition) is 1. The molecule has 1 amide bonds. The predicted octanol–water partition coefficient (Wildman–Crippen LogP) is 2.66. The van der Waals surface area contributed by atoms with Crippen molar-refractivity contribution >= 4 is 24.1 Å². The maximum Gasteiger partial charge on any atom is 0.225 e. The third-order valence-electron chi connectivity index (χ3n) is 5.06. The molecule has 0 aromatic heterocycles. The van der Waals surface area contributed by atoms with E-state index in [0.29, 0.717) is 13.1 Å². The van der Waals surface area contributed by atoms with Gasteiger partial charge in [0.05, 0.1) is 0 Å². The lowest BCUT2D eigenvalue weighted by Crippen LogP contribution is -2.43. The van der Waals surface area contributed by atoms with E-state index in [1.165, 1.54) is 0 Å². The van der Waals surface area contributed by atoms with Gasteiger partial charge in [-0.1, -0.05) is 30.3 Å². The van der Waals surface area contributed by atoms with Gasteiger partial charge in [0.15, 0.2) is 5.78 Å². The third kappa shape index (κ3) is 4.12. The molecule has 1 aromatic rings. The second-order valence-electron chi connectivity index (χ2n) is 6.60. The highest BCUT2D eigenvalue weighted by atomic mass is 35.5. The molecule has 1 aliphatic heterocycles. The van der Waals surface area contributed by atoms with E-state index in [4.69, 9.17) is 5.73 Å². The van der Waals surface area contributed by atoms with Crippen molar-refractivity contribution in [2.24, 2.45) is 17.6 Å². The highest BCUT2D eigenvalue weighted by Gasteiger charge is 2.34. The number of rotatable bonds is 3. The smallest absolute Gasteiger partial charge is 0.225 e. The number of piperidine rings is 1. The molecule has 2 N–H and O–H groups in total. The Balaban J connectivity index is 0.00000192. The molecule has 1 aliphatic carbocycles. The molecule has 1 aromatic carbocycles. The molecule has 3 rings (SSSR count). The molecule has 1 saturated carbocycles. The number of carbonyl (C=O) groups excluding carboxylic acids is 2. The summed E-state index contributed by atoms with van der Waals surface area (Å²) in [5.41, 5.74) is 6.69. The van der Waals surface area contributed by atoms with Gasteiger partial charge in [0.1, 0.15) is 0 Å². The average Bonchev–Trinajstić information content (AvgIpc) is 3.01. The number of nitrogens with two attached hydrogens (primary N) is 1. The molecular formula is C18H25ClN2O2. The highest BCUT2D eigenvalue weighted by Crippen LogP contribution is 2.29. The molecule has 2 atom stereocenters. The van der Waals surface area contributed by atoms with Crippen LogP contribution in [0.25, 0.3) is 0 Å². The maximum absolute atomic E-state index is 12.5. The number of hydrogen-bond acceptors (Lipinski definition) is 3. The van der Waals surface area contributed by atoms with Crippen molar-refractivity contribution in [3.05, 3.63) is 35.9 Å². The molecule has 2 unspecified atom stereocenters. The van der Waals surface area contributed by atoms with Crippen LogP contribution in [0.4, 0.5) is 0 Å². The summed E-state index contributed by atoms with van der Waals surface area (Å²) < 4.78 is 0. The first kappa shape index (κ1) is 18.0. The minimum Gasteiger partial charge on any atom is -0.342 e. The van der Waals surface area contributed by atoms with Gasteiger partial charge in [0, 0.05) is 36.5 Å². The molecule has 2 aliphatic rings. The van der Waals surface area contributed by atoms with E-state index < -0.39 is 0 Å². The van der Waals surface area contributed by atoms with E-state index in [2.05, 4.69) is 0 Å². The minimum atomic E-state index is 0. The Hall–Kier alpha value is -1.39. The van der Waals surface area contributed by atoms with Crippen LogP contribution in [0, 0.1) is 11.8 Å². The Bertz CT molecular complexity index is 541. The van der Waals surface area contributed by atoms with Gasteiger partial charge in [0.2, 0.25) is 5.91 Å². The topological polar surface area (TPSA) is 63.4 Å². The van der Waals surface area contributed by atoms with Crippen molar-refractivity contribution in [2.45, 2.75) is 38.1 Å². The van der Waals surface area contributed by atoms with E-state index in [9.17, 15) is 9.59 Å². The molecule has 2 fully saturated rings. The van der Waals surface area contributed by atoms with Crippen LogP contribution < -0.4 is 5.73 Å². The number of carbonyl (C=O) groups is 2. The van der Waals surface area contributed by atoms with E-state index in [1.54, 1.807) is 0 Å². The van der Waals surface area contributed by atoms with Crippen LogP contribution in [-0.4, -0.2) is 35.7 Å². The first-order valence-electron chi connectivity index (χ1n) is 8.29. The fourth-order valence-corrected chi connectivity index (χ4v) is 3.70. The minimum absolute atomic E-state index is 0. The second kappa shape index (κ2) is 7.93. The van der Waals surface area contributed by atoms with E-state index in [1.807, 2.05) is 35.2 Å². The third-order valence-corrected chi connectivity index (χ3v) is 5.06. The summed E-state index contributed by atoms with van der Waals surface area (Å²) >= 11 is 0. The zero-order valence-corrected chi connectivity index (χ0v) is 14.1. The molecule has 0 bridgehead atoms. The summed E-state index contributed by atoms with van der Waals surface area (Å²) in [6.07, 6.45) is 4.25. The lowest BCUT2D eigenvalue weighted by molar-refractivity contribution is -0.136. The Morgan fingerprint density at radius 1 is 0.957 bits per heavy atom. The molecular weight excluding hydrogens is 312 g/mol. The first-order valence-corrected chi connectivity index (χ1v) is 8.29. The van der Waals surface area contributed by atoms with Crippen molar-refractivity contribution in [1.29, 1.82) is 0 Å². The standard InChI is InChI=1S/C18H24N2O2.ClH/c19-16-7-6-15(12-16)18(22)20-10-8-14(9-11-20)17(21)13-4-2-1-3-5-13;/h1-5,14-16H,6-12,19H2;1H. The lowest BCUT2D eigenvalue weighted by atomic mass is 9.88. The van der Waals surface area contributed by atoms with E-state index >= 15 is 0 Å². The van der Waals surface area contributed by atoms with Gasteiger partial charge < -0.3 is 10.6 Å². The van der Waals surface area contributed by atoms with Crippen molar-refractivity contribution in [3.8, 4) is 0 Å². The molecule has 1 saturated heterocycles. The van der Waals surface area contributed by atoms with Crippen molar-refractivity contribution < 1.29 is 9.59 Å². The predicted molar refractivity (Wildman–Crippen MR) is 92.6 cm³/mol. The SMILES string of the molecule is Cl.NC1CCC(C(=O)N2CCC(C(=O)c3ccccc3)CC2)C1. The lowest BCUT2D eigenvalue weighted by Gasteiger charge is -2.33. The van der Waals surface area contributed by atoms with Crippen LogP contribution in [0.15, 0.2) is 30.3 Å². The maximum atomic E-state index is 12.5. The quantitative estimate of drug-likeness (QED) is 0.863. The van der Waals surface area contributed by atoms with Crippen LogP contribution in [-0.2, 0) is 4.79 Å². The summed E-state index contributed by atoms with van der Waals surface area (Å²) in [5, 5.41) is 0. The van der Waals surface area contributed by atoms with E-state index in [0.717, 1.165) is 37.7 Å². The van der Waals surface area contributed by atoms with Gasteiger partial charge in [-0.3, -0.25) is 9.59 Å². The number of amides is 1. The molecule has 126 valence electrons. The number of benzene rings is 1. The molecule has 0 spiro atoms. The van der Waals surface area contributed by atoms with Gasteiger partial charge in [0.25, 0.3) is 0 Å². The molecule has 0 radical (unpaired) electrons. The monoisotopic (exact) mass is 336 g/mol. The van der Waals surface area contributed by atoms with Crippen molar-refractivity contribution in [2.75, 3.05) is 13.1 Å². The zero-order chi connectivity index (χ0) is 15.5. The fourth-order valence-electron chi connectivity index (χ4n) is 3.70. The summed E-state index contributed by atoms with van der Waals surface area (Å²) in [6.45, 7) is 1.40. The zero-order valence-electron chi connectivity index (χ0n) is 13.3. The van der Waals surface area contributed by atoms with Crippen LogP contribution >= 0.6 is 12.4 Å². The number of likely N-dealkylation sites (tertiary alicyclic amines) is 1. The fraction of sp³-hybridized carbons (Fsp3) is 0.556. The number of halogens is 1. The summed E-state index contributed by atoms with van der Waals surface area (Å²) in [7, 11) is 0. The molecule has 4 nitrogen and oxygen atoms in total. The van der Waals surface area contributed by atoms with Gasteiger partial charge in [-0.15, -0.1) is 12.4 Å². The Morgan fingerprint density at radius 3 is 2.17 bits per heavy atom. The normalized spacial score (nSPS) is 25.0. The molecule has 5 heteroatoms. The summed E-state index contributed by atoms with van der Waals surface area (Å²) in [6, 6.07) is 9.65. The van der Waals surface area contributed by atoms with Crippen LogP contribution in [0.5, 0.6) is 0 Å². The highest BCUT2D eigenvalue weighted by molar-refractivity contribution is 5.98. The van der Waals surface area contributed by atoms with Gasteiger partial charge >= 0.3 is 0 Å². The van der Waals surface area contributed by atoms with Crippen LogP contribution in [0.3, 0.4) is 0 Å². The summed E-state index contributed by atoms with van der Waals surface area (Å²) in [5.74, 6) is 0.628. The Kier molecular flexibility index (Phi) is 6.19. The Morgan fingerprint density at radius 2 is 1.61 bits per heavy atom. The second-order valence-corrected chi connectivity index (χ2v) is 6.60. The molecule has 1 heterocycles. The number of ketones is 1. The summed E-state index contributed by atoms with van der Waals surface area (Å²) in [4.78, 5) is 26.9. The van der Waals surface area contributed by atoms with Gasteiger partial charge in [-0.2, -0.15) is 0 Å². The number of Topliss-reactive ketones (excluding diaryl/α,β-unsaturated/α-hetero) is 1. The van der Waals surface area contributed by atoms with E-state index in [-0.39, 0.29) is 42.0 Å². The molecule has 23 heavy (non-hydrogen) atoms. The van der Waals surface area contributed by atoms with Gasteiger partial charge in [-0.05, 0) is 32.1 Å². The van der Waals surface area contributed by atoms with Gasteiger partial charge in [-0.25, -0.2) is 0 Å². The largest absolute Gasteiger partial charge is 0.342 e. The first-order chi connectivity index (χ1) is 10.6. The van der Waals surface area contributed by atoms with Crippen molar-refractivity contribution in [1.82, 2.24) is 4.90 Å². The average molecular weight is 337 g/mol. The van der Waals surface area contributed by atoms with Crippen LogP contribution in [0.2, 0.25) is 0 Å². The number of nitrogens with zero attached hydrogens (tertiary/aromatic N) is 1. The van der Waals surface area contributed by atoms with Crippen LogP contribution in [0.1, 0.15) is 42.5 Å². The Labute approximate surface area is 143 Å².